The third-order valence-electron chi connectivity index (χ3n) is 3.70. The second-order valence-corrected chi connectivity index (χ2v) is 6.54. The fourth-order valence-electron chi connectivity index (χ4n) is 2.75. The summed E-state index contributed by atoms with van der Waals surface area (Å²) in [6, 6.07) is 2.03. The third-order valence-corrected chi connectivity index (χ3v) is 4.90. The zero-order valence-electron chi connectivity index (χ0n) is 10.4. The van der Waals surface area contributed by atoms with Gasteiger partial charge in [0.25, 0.3) is 0 Å². The average molecular weight is 282 g/mol. The predicted molar refractivity (Wildman–Crippen MR) is 76.6 cm³/mol. The molecule has 1 aromatic heterocycles. The number of nitrogens with one attached hydrogen (secondary N) is 1. The van der Waals surface area contributed by atoms with Crippen LogP contribution in [-0.2, 0) is 4.74 Å². The summed E-state index contributed by atoms with van der Waals surface area (Å²) in [4.78, 5) is 7.93. The summed E-state index contributed by atoms with van der Waals surface area (Å²) in [5.74, 6) is 3.63. The van der Waals surface area contributed by atoms with Gasteiger partial charge in [0, 0.05) is 17.2 Å². The molecule has 1 aliphatic carbocycles. The van der Waals surface area contributed by atoms with Gasteiger partial charge in [-0.1, -0.05) is 25.1 Å². The number of nitrogens with zero attached hydrogens (tertiary/aromatic N) is 1. The monoisotopic (exact) mass is 282 g/mol. The van der Waals surface area contributed by atoms with Crippen molar-refractivity contribution in [1.29, 1.82) is 0 Å². The number of H-pyrrole nitrogens is 1. The van der Waals surface area contributed by atoms with E-state index >= 15 is 0 Å². The Kier molecular flexibility index (Phi) is 4.01. The van der Waals surface area contributed by atoms with Crippen LogP contribution in [0.25, 0.3) is 0 Å². The Morgan fingerprint density at radius 1 is 1.39 bits per heavy atom. The molecule has 1 saturated carbocycles. The summed E-state index contributed by atoms with van der Waals surface area (Å²) in [6.07, 6.45) is 5.30. The van der Waals surface area contributed by atoms with E-state index in [1.807, 2.05) is 17.8 Å². The third kappa shape index (κ3) is 2.78. The first-order valence-corrected chi connectivity index (χ1v) is 8.20. The van der Waals surface area contributed by atoms with Gasteiger partial charge < -0.3 is 9.72 Å². The van der Waals surface area contributed by atoms with Crippen molar-refractivity contribution >= 4 is 24.0 Å². The zero-order chi connectivity index (χ0) is 12.4. The minimum Gasteiger partial charge on any atom is -0.369 e. The SMILES string of the molecule is S=c1cc(C2CCCC2)[nH]c(C2CSCCO2)n1. The van der Waals surface area contributed by atoms with E-state index in [1.54, 1.807) is 0 Å². The lowest BCUT2D eigenvalue weighted by Gasteiger charge is -2.22. The van der Waals surface area contributed by atoms with Crippen molar-refractivity contribution in [3.8, 4) is 0 Å². The van der Waals surface area contributed by atoms with Gasteiger partial charge in [-0.15, -0.1) is 0 Å². The molecule has 0 amide bonds. The quantitative estimate of drug-likeness (QED) is 0.841. The van der Waals surface area contributed by atoms with Crippen LogP contribution in [0.5, 0.6) is 0 Å². The van der Waals surface area contributed by atoms with Gasteiger partial charge >= 0.3 is 0 Å². The molecular formula is C13H18N2OS2. The lowest BCUT2D eigenvalue weighted by molar-refractivity contribution is 0.0691. The van der Waals surface area contributed by atoms with Crippen LogP contribution in [0.3, 0.4) is 0 Å². The van der Waals surface area contributed by atoms with Crippen LogP contribution in [0.4, 0.5) is 0 Å². The van der Waals surface area contributed by atoms with Crippen molar-refractivity contribution < 1.29 is 4.74 Å². The number of hydrogen-bond acceptors (Lipinski definition) is 4. The molecule has 3 nitrogen and oxygen atoms in total. The zero-order valence-corrected chi connectivity index (χ0v) is 12.0. The molecule has 0 aromatic carbocycles. The highest BCUT2D eigenvalue weighted by atomic mass is 32.2. The molecule has 1 unspecified atom stereocenters. The molecule has 1 aliphatic heterocycles. The Morgan fingerprint density at radius 3 is 2.94 bits per heavy atom. The molecule has 0 spiro atoms. The standard InChI is InChI=1S/C13H18N2OS2/c17-12-7-10(9-3-1-2-4-9)14-13(15-12)11-8-18-6-5-16-11/h7,9,11H,1-6,8H2,(H,14,15,17). The molecule has 2 fully saturated rings. The van der Waals surface area contributed by atoms with E-state index in [0.717, 1.165) is 23.9 Å². The second-order valence-electron chi connectivity index (χ2n) is 4.98. The first kappa shape index (κ1) is 12.6. The minimum atomic E-state index is 0.0896. The average Bonchev–Trinajstić information content (AvgIpc) is 2.93. The molecule has 3 rings (SSSR count). The summed E-state index contributed by atoms with van der Waals surface area (Å²) in [5, 5.41) is 0. The Labute approximate surface area is 117 Å². The van der Waals surface area contributed by atoms with E-state index in [-0.39, 0.29) is 6.10 Å². The number of aromatic amines is 1. The summed E-state index contributed by atoms with van der Waals surface area (Å²) in [6.45, 7) is 0.811. The Balaban J connectivity index is 1.87. The van der Waals surface area contributed by atoms with E-state index in [0.29, 0.717) is 10.6 Å². The van der Waals surface area contributed by atoms with Crippen LogP contribution in [0, 0.1) is 4.64 Å². The first-order chi connectivity index (χ1) is 8.83. The molecule has 2 heterocycles. The van der Waals surface area contributed by atoms with Crippen molar-refractivity contribution in [3.05, 3.63) is 22.2 Å². The molecule has 98 valence electrons. The number of hydrogen-bond donors (Lipinski definition) is 1. The number of rotatable bonds is 2. The summed E-state index contributed by atoms with van der Waals surface area (Å²) >= 11 is 7.22. The van der Waals surface area contributed by atoms with Crippen LogP contribution in [0.15, 0.2) is 6.07 Å². The molecular weight excluding hydrogens is 264 g/mol. The van der Waals surface area contributed by atoms with Gasteiger partial charge in [0.05, 0.1) is 6.61 Å². The van der Waals surface area contributed by atoms with Gasteiger partial charge in [0.15, 0.2) is 0 Å². The maximum Gasteiger partial charge on any atom is 0.138 e. The van der Waals surface area contributed by atoms with Crippen LogP contribution < -0.4 is 0 Å². The van der Waals surface area contributed by atoms with Gasteiger partial charge in [-0.2, -0.15) is 11.8 Å². The van der Waals surface area contributed by atoms with Gasteiger partial charge in [-0.05, 0) is 24.8 Å². The van der Waals surface area contributed by atoms with E-state index in [4.69, 9.17) is 17.0 Å². The molecule has 1 N–H and O–H groups in total. The summed E-state index contributed by atoms with van der Waals surface area (Å²) in [5.41, 5.74) is 1.27. The van der Waals surface area contributed by atoms with E-state index in [1.165, 1.54) is 31.4 Å². The fraction of sp³-hybridized carbons (Fsp3) is 0.692. The van der Waals surface area contributed by atoms with E-state index < -0.39 is 0 Å². The highest BCUT2D eigenvalue weighted by molar-refractivity contribution is 7.99. The molecule has 1 atom stereocenters. The van der Waals surface area contributed by atoms with E-state index in [2.05, 4.69) is 9.97 Å². The molecule has 18 heavy (non-hydrogen) atoms. The first-order valence-electron chi connectivity index (χ1n) is 6.63. The predicted octanol–water partition coefficient (Wildman–Crippen LogP) is 3.60. The maximum absolute atomic E-state index is 5.78. The number of aromatic nitrogens is 2. The van der Waals surface area contributed by atoms with Crippen LogP contribution in [-0.4, -0.2) is 28.1 Å². The summed E-state index contributed by atoms with van der Waals surface area (Å²) in [7, 11) is 0. The van der Waals surface area contributed by atoms with Crippen molar-refractivity contribution in [2.45, 2.75) is 37.7 Å². The molecule has 5 heteroatoms. The van der Waals surface area contributed by atoms with Gasteiger partial charge in [-0.25, -0.2) is 4.98 Å². The smallest absolute Gasteiger partial charge is 0.138 e. The van der Waals surface area contributed by atoms with Crippen molar-refractivity contribution in [1.82, 2.24) is 9.97 Å². The van der Waals surface area contributed by atoms with Gasteiger partial charge in [-0.3, -0.25) is 0 Å². The van der Waals surface area contributed by atoms with Gasteiger partial charge in [0.1, 0.15) is 16.6 Å². The topological polar surface area (TPSA) is 37.9 Å². The highest BCUT2D eigenvalue weighted by Crippen LogP contribution is 2.34. The Hall–Kier alpha value is -0.390. The van der Waals surface area contributed by atoms with Crippen LogP contribution in [0.1, 0.15) is 49.2 Å². The van der Waals surface area contributed by atoms with Gasteiger partial charge in [0.2, 0.25) is 0 Å². The minimum absolute atomic E-state index is 0.0896. The highest BCUT2D eigenvalue weighted by Gasteiger charge is 2.22. The number of thioether (sulfide) groups is 1. The lowest BCUT2D eigenvalue weighted by Crippen LogP contribution is -2.19. The Bertz CT molecular complexity index is 462. The van der Waals surface area contributed by atoms with Crippen LogP contribution in [0.2, 0.25) is 0 Å². The molecule has 0 bridgehead atoms. The number of ether oxygens (including phenoxy) is 1. The molecule has 1 aromatic rings. The fourth-order valence-corrected chi connectivity index (χ4v) is 3.83. The summed E-state index contributed by atoms with van der Waals surface area (Å²) < 4.78 is 6.47. The second kappa shape index (κ2) is 5.72. The maximum atomic E-state index is 5.78. The molecule has 1 saturated heterocycles. The van der Waals surface area contributed by atoms with Crippen molar-refractivity contribution in [3.63, 3.8) is 0 Å². The largest absolute Gasteiger partial charge is 0.369 e. The molecule has 2 aliphatic rings. The van der Waals surface area contributed by atoms with E-state index in [9.17, 15) is 0 Å². The Morgan fingerprint density at radius 2 is 2.22 bits per heavy atom. The van der Waals surface area contributed by atoms with Crippen LogP contribution >= 0.6 is 24.0 Å². The molecule has 0 radical (unpaired) electrons. The van der Waals surface area contributed by atoms with Crippen molar-refractivity contribution in [2.24, 2.45) is 0 Å². The lowest BCUT2D eigenvalue weighted by atomic mass is 10.0. The van der Waals surface area contributed by atoms with Crippen molar-refractivity contribution in [2.75, 3.05) is 18.1 Å². The normalized spacial score (nSPS) is 25.4.